The van der Waals surface area contributed by atoms with Gasteiger partial charge in [0.15, 0.2) is 5.57 Å². The summed E-state index contributed by atoms with van der Waals surface area (Å²) >= 11 is 6.15. The lowest BCUT2D eigenvalue weighted by Crippen LogP contribution is -2.35. The van der Waals surface area contributed by atoms with Crippen molar-refractivity contribution in [3.05, 3.63) is 128 Å². The van der Waals surface area contributed by atoms with Gasteiger partial charge in [-0.15, -0.1) is 34.0 Å². The number of benzene rings is 6. The number of nitrogens with zero attached hydrogens (tertiary/aromatic N) is 2. The number of aliphatic carboxylic acids is 2. The standard InChI is InChI=1S/C43H23N3O5S4/c44-19-30(43(50)51)42-46(20-38(47)48)41(49)37(55-42)12-21-5-6-24-16-34-28(14-26(24)11-21)39-40(53-34)29-15-27-13-22(7-8-25(27)17-35(29)54-39)23-9-10-32-36(18-23)52-33-4-2-1-3-31(33)45-32/h1-18,45H,20H2,(H,47,48)(H,50,51)/b37-12+,42-30+. The lowest BCUT2D eigenvalue weighted by Gasteiger charge is -2.21. The highest BCUT2D eigenvalue weighted by Gasteiger charge is 2.19. The molecule has 0 radical (unpaired) electrons. The molecule has 0 atom stereocenters. The summed E-state index contributed by atoms with van der Waals surface area (Å²) in [5.74, 6) is -2.85. The Hall–Kier alpha value is -6.23. The van der Waals surface area contributed by atoms with E-state index in [1.807, 2.05) is 24.3 Å². The molecule has 3 N–H and O–H groups in total. The summed E-state index contributed by atoms with van der Waals surface area (Å²) in [6, 6.07) is 38.0. The fourth-order valence-corrected chi connectivity index (χ4v) is 12.0. The van der Waals surface area contributed by atoms with E-state index in [4.69, 9.17) is 0 Å². The summed E-state index contributed by atoms with van der Waals surface area (Å²) in [7, 11) is 0. The molecule has 0 spiro atoms. The zero-order chi connectivity index (χ0) is 37.5. The maximum atomic E-state index is 13.2. The van der Waals surface area contributed by atoms with Crippen molar-refractivity contribution in [2.75, 3.05) is 5.32 Å². The smallest absolute Gasteiger partial charge is 0.349 e. The normalized spacial score (nSPS) is 13.3. The van der Waals surface area contributed by atoms with Crippen molar-refractivity contribution in [1.29, 1.82) is 5.26 Å². The van der Waals surface area contributed by atoms with Gasteiger partial charge in [-0.3, -0.25) is 14.2 Å². The minimum Gasteiger partial charge on any atom is -0.480 e. The number of fused-ring (bicyclic) bond motifs is 9. The average Bonchev–Trinajstić information content (AvgIpc) is 3.80. The Labute approximate surface area is 326 Å². The summed E-state index contributed by atoms with van der Waals surface area (Å²) < 4.78 is 5.62. The number of thiazole rings is 1. The number of carboxylic acids is 2. The minimum atomic E-state index is -1.53. The Bertz CT molecular complexity index is 3420. The lowest BCUT2D eigenvalue weighted by atomic mass is 10.00. The molecule has 0 unspecified atom stereocenters. The van der Waals surface area contributed by atoms with Crippen LogP contribution in [0, 0.1) is 11.3 Å². The highest BCUT2D eigenvalue weighted by molar-refractivity contribution is 7.99. The van der Waals surface area contributed by atoms with Crippen molar-refractivity contribution in [1.82, 2.24) is 4.57 Å². The van der Waals surface area contributed by atoms with Crippen LogP contribution in [0.5, 0.6) is 0 Å². The van der Waals surface area contributed by atoms with Crippen molar-refractivity contribution in [2.24, 2.45) is 0 Å². The van der Waals surface area contributed by atoms with Gasteiger partial charge in [-0.2, -0.15) is 5.26 Å². The molecule has 1 aliphatic rings. The van der Waals surface area contributed by atoms with Gasteiger partial charge in [-0.05, 0) is 105 Å². The van der Waals surface area contributed by atoms with Crippen molar-refractivity contribution in [3.63, 3.8) is 0 Å². The van der Waals surface area contributed by atoms with Crippen molar-refractivity contribution >= 4 is 132 Å². The van der Waals surface area contributed by atoms with Crippen LogP contribution >= 0.6 is 45.8 Å². The van der Waals surface area contributed by atoms with E-state index in [2.05, 4.69) is 84.2 Å². The molecule has 9 aromatic rings. The fraction of sp³-hybridized carbons (Fsp3) is 0.0233. The van der Waals surface area contributed by atoms with Crippen LogP contribution in [0.1, 0.15) is 5.56 Å². The third-order valence-electron chi connectivity index (χ3n) is 9.75. The van der Waals surface area contributed by atoms with E-state index in [0.29, 0.717) is 5.56 Å². The van der Waals surface area contributed by atoms with Crippen molar-refractivity contribution < 1.29 is 19.8 Å². The van der Waals surface area contributed by atoms with Crippen molar-refractivity contribution in [2.45, 2.75) is 16.3 Å². The zero-order valence-corrected chi connectivity index (χ0v) is 31.5. The van der Waals surface area contributed by atoms with Gasteiger partial charge in [-0.1, -0.05) is 54.2 Å². The largest absolute Gasteiger partial charge is 0.480 e. The fourth-order valence-electron chi connectivity index (χ4n) is 7.17. The summed E-state index contributed by atoms with van der Waals surface area (Å²) in [4.78, 5) is 38.9. The summed E-state index contributed by atoms with van der Waals surface area (Å²) in [6.45, 7) is -0.756. The average molecular weight is 790 g/mol. The Morgan fingerprint density at radius 3 is 2.09 bits per heavy atom. The first-order valence-corrected chi connectivity index (χ1v) is 20.2. The molecule has 0 fully saturated rings. The number of hydrogen-bond donors (Lipinski definition) is 3. The predicted molar refractivity (Wildman–Crippen MR) is 225 cm³/mol. The van der Waals surface area contributed by atoms with E-state index in [1.165, 1.54) is 55.9 Å². The first-order valence-electron chi connectivity index (χ1n) is 17.0. The summed E-state index contributed by atoms with van der Waals surface area (Å²) in [5, 5.41) is 38.6. The number of carboxylic acid groups (broad SMARTS) is 2. The van der Waals surface area contributed by atoms with E-state index in [9.17, 15) is 29.9 Å². The number of para-hydroxylation sites is 1. The minimum absolute atomic E-state index is 0.136. The molecule has 0 saturated carbocycles. The number of hydrogen-bond acceptors (Lipinski definition) is 9. The van der Waals surface area contributed by atoms with Gasteiger partial charge in [0.05, 0.1) is 25.3 Å². The predicted octanol–water partition coefficient (Wildman–Crippen LogP) is 9.35. The van der Waals surface area contributed by atoms with Gasteiger partial charge in [0.2, 0.25) is 0 Å². The number of carbonyl (C=O) groups is 2. The Morgan fingerprint density at radius 1 is 0.727 bits per heavy atom. The molecule has 1 aliphatic heterocycles. The number of nitrogens with one attached hydrogen (secondary N) is 1. The summed E-state index contributed by atoms with van der Waals surface area (Å²) in [5.41, 5.74) is 3.94. The van der Waals surface area contributed by atoms with Crippen molar-refractivity contribution in [3.8, 4) is 17.2 Å². The Kier molecular flexibility index (Phi) is 7.69. The highest BCUT2D eigenvalue weighted by Crippen LogP contribution is 2.48. The first-order chi connectivity index (χ1) is 26.7. The number of thiophene rings is 2. The number of nitriles is 1. The van der Waals surface area contributed by atoms with Crippen LogP contribution < -0.4 is 20.1 Å². The van der Waals surface area contributed by atoms with Crippen LogP contribution in [0.2, 0.25) is 0 Å². The van der Waals surface area contributed by atoms with Crippen LogP contribution in [-0.2, 0) is 16.1 Å². The van der Waals surface area contributed by atoms with Gasteiger partial charge in [0.1, 0.15) is 17.3 Å². The monoisotopic (exact) mass is 789 g/mol. The highest BCUT2D eigenvalue weighted by atomic mass is 32.2. The molecule has 8 nitrogen and oxygen atoms in total. The van der Waals surface area contributed by atoms with Gasteiger partial charge in [-0.25, -0.2) is 4.79 Å². The first kappa shape index (κ1) is 33.3. The van der Waals surface area contributed by atoms with Gasteiger partial charge in [0.25, 0.3) is 5.56 Å². The zero-order valence-electron chi connectivity index (χ0n) is 28.2. The van der Waals surface area contributed by atoms with E-state index >= 15 is 0 Å². The molecule has 12 heteroatoms. The molecule has 3 aromatic heterocycles. The molecular formula is C43H23N3O5S4. The Balaban J connectivity index is 1.05. The molecule has 4 heterocycles. The number of aromatic nitrogens is 1. The van der Waals surface area contributed by atoms with E-state index < -0.39 is 29.6 Å². The lowest BCUT2D eigenvalue weighted by molar-refractivity contribution is -0.138. The molecule has 10 rings (SSSR count). The van der Waals surface area contributed by atoms with Crippen LogP contribution in [-0.4, -0.2) is 26.7 Å². The van der Waals surface area contributed by atoms with Gasteiger partial charge < -0.3 is 15.5 Å². The maximum absolute atomic E-state index is 13.2. The molecule has 264 valence electrons. The van der Waals surface area contributed by atoms with E-state index in [0.717, 1.165) is 43.4 Å². The second kappa shape index (κ2) is 12.7. The topological polar surface area (TPSA) is 132 Å². The quantitative estimate of drug-likeness (QED) is 0.157. The second-order valence-corrected chi connectivity index (χ2v) is 17.4. The third-order valence-corrected chi connectivity index (χ3v) is 14.5. The number of anilines is 2. The van der Waals surface area contributed by atoms with Gasteiger partial charge in [0, 0.05) is 30.0 Å². The maximum Gasteiger partial charge on any atom is 0.349 e. The molecule has 0 amide bonds. The van der Waals surface area contributed by atoms with Crippen LogP contribution in [0.15, 0.2) is 118 Å². The Morgan fingerprint density at radius 2 is 1.38 bits per heavy atom. The summed E-state index contributed by atoms with van der Waals surface area (Å²) in [6.07, 6.45) is 1.61. The van der Waals surface area contributed by atoms with Crippen LogP contribution in [0.25, 0.3) is 73.9 Å². The third kappa shape index (κ3) is 5.59. The second-order valence-electron chi connectivity index (χ2n) is 13.2. The molecular weight excluding hydrogens is 767 g/mol. The number of rotatable bonds is 5. The van der Waals surface area contributed by atoms with Crippen LogP contribution in [0.4, 0.5) is 11.4 Å². The molecule has 55 heavy (non-hydrogen) atoms. The molecule has 0 saturated heterocycles. The molecule has 0 bridgehead atoms. The molecule has 6 aromatic carbocycles. The molecule has 0 aliphatic carbocycles. The van der Waals surface area contributed by atoms with E-state index in [1.54, 1.807) is 46.6 Å². The van der Waals surface area contributed by atoms with E-state index in [-0.39, 0.29) is 9.20 Å². The van der Waals surface area contributed by atoms with Gasteiger partial charge >= 0.3 is 11.9 Å². The SMILES string of the molecule is N#C/C(C(=O)O)=c1\s/c(=C/c2ccc3cc4sc5c6cc7cc(-c8ccc9c(c8)Sc8ccccc8N9)ccc7cc6sc5c4cc3c2)c(=O)n1CC(=O)O. The van der Waals surface area contributed by atoms with Crippen LogP contribution in [0.3, 0.4) is 0 Å².